The van der Waals surface area contributed by atoms with Crippen LogP contribution in [0.25, 0.3) is 5.57 Å². The van der Waals surface area contributed by atoms with Gasteiger partial charge in [0.2, 0.25) is 0 Å². The molecule has 25 heavy (non-hydrogen) atoms. The van der Waals surface area contributed by atoms with Gasteiger partial charge in [-0.1, -0.05) is 18.2 Å². The quantitative estimate of drug-likeness (QED) is 0.789. The topological polar surface area (TPSA) is 43.9 Å². The predicted octanol–water partition coefficient (Wildman–Crippen LogP) is 2.04. The third kappa shape index (κ3) is 3.09. The molecule has 5 heteroatoms. The second kappa shape index (κ2) is 6.64. The van der Waals surface area contributed by atoms with E-state index in [1.54, 1.807) is 7.05 Å². The molecule has 1 aromatic rings. The Morgan fingerprint density at radius 3 is 2.24 bits per heavy atom. The van der Waals surface area contributed by atoms with Crippen LogP contribution in [0.1, 0.15) is 29.5 Å². The standard InChI is InChI=1S/C20H27N3O2/c1-13-6-7-15(12-14(13)2)17-18(20(25)23(5)19(17)24)22(4)16-8-10-21(3)11-9-16/h6-7,12,16H,8-11H2,1-5H3. The van der Waals surface area contributed by atoms with Gasteiger partial charge >= 0.3 is 0 Å². The van der Waals surface area contributed by atoms with E-state index in [2.05, 4.69) is 11.9 Å². The maximum absolute atomic E-state index is 12.8. The lowest BCUT2D eigenvalue weighted by atomic mass is 9.97. The number of aryl methyl sites for hydroxylation is 2. The van der Waals surface area contributed by atoms with Crippen molar-refractivity contribution >= 4 is 17.4 Å². The van der Waals surface area contributed by atoms with Crippen molar-refractivity contribution in [1.82, 2.24) is 14.7 Å². The van der Waals surface area contributed by atoms with Crippen LogP contribution in [0.3, 0.4) is 0 Å². The van der Waals surface area contributed by atoms with Gasteiger partial charge in [0.05, 0.1) is 5.57 Å². The first-order valence-electron chi connectivity index (χ1n) is 8.87. The van der Waals surface area contributed by atoms with Gasteiger partial charge in [0.15, 0.2) is 0 Å². The van der Waals surface area contributed by atoms with Crippen molar-refractivity contribution in [2.75, 3.05) is 34.2 Å². The highest BCUT2D eigenvalue weighted by Gasteiger charge is 2.40. The number of rotatable bonds is 3. The number of benzene rings is 1. The Balaban J connectivity index is 2.04. The smallest absolute Gasteiger partial charge is 0.277 e. The van der Waals surface area contributed by atoms with Crippen LogP contribution >= 0.6 is 0 Å². The Labute approximate surface area is 149 Å². The number of carbonyl (C=O) groups is 2. The van der Waals surface area contributed by atoms with Gasteiger partial charge in [0.25, 0.3) is 11.8 Å². The molecule has 0 N–H and O–H groups in total. The molecule has 0 bridgehead atoms. The lowest BCUT2D eigenvalue weighted by Crippen LogP contribution is -2.43. The molecule has 0 unspecified atom stereocenters. The molecule has 0 radical (unpaired) electrons. The first-order valence-corrected chi connectivity index (χ1v) is 8.87. The summed E-state index contributed by atoms with van der Waals surface area (Å²) in [5.74, 6) is -0.400. The van der Waals surface area contributed by atoms with E-state index >= 15 is 0 Å². The summed E-state index contributed by atoms with van der Waals surface area (Å²) in [6, 6.07) is 6.26. The molecule has 0 spiro atoms. The Bertz CT molecular complexity index is 745. The number of likely N-dealkylation sites (N-methyl/N-ethyl adjacent to an activating group) is 2. The van der Waals surface area contributed by atoms with E-state index < -0.39 is 0 Å². The molecule has 2 amide bonds. The summed E-state index contributed by atoms with van der Waals surface area (Å²) in [4.78, 5) is 31.2. The van der Waals surface area contributed by atoms with Crippen molar-refractivity contribution in [3.8, 4) is 0 Å². The SMILES string of the molecule is Cc1ccc(C2=C(N(C)C3CCN(C)CC3)C(=O)N(C)C2=O)cc1C. The third-order valence-corrected chi connectivity index (χ3v) is 5.65. The average Bonchev–Trinajstić information content (AvgIpc) is 2.81. The van der Waals surface area contributed by atoms with Crippen LogP contribution in [0.15, 0.2) is 23.9 Å². The van der Waals surface area contributed by atoms with E-state index in [1.807, 2.05) is 44.0 Å². The van der Waals surface area contributed by atoms with Gasteiger partial charge in [-0.3, -0.25) is 14.5 Å². The molecular formula is C20H27N3O2. The molecule has 1 aromatic carbocycles. The number of likely N-dealkylation sites (tertiary alicyclic amines) is 1. The highest BCUT2D eigenvalue weighted by Crippen LogP contribution is 2.33. The fourth-order valence-corrected chi connectivity index (χ4v) is 3.68. The number of amides is 2. The molecule has 0 aromatic heterocycles. The molecule has 3 rings (SSSR count). The molecular weight excluding hydrogens is 314 g/mol. The first kappa shape index (κ1) is 17.7. The van der Waals surface area contributed by atoms with Gasteiger partial charge in [0, 0.05) is 20.1 Å². The number of hydrogen-bond donors (Lipinski definition) is 0. The molecule has 2 aliphatic rings. The molecule has 0 atom stereocenters. The number of imide groups is 1. The number of carbonyl (C=O) groups excluding carboxylic acids is 2. The average molecular weight is 341 g/mol. The predicted molar refractivity (Wildman–Crippen MR) is 98.9 cm³/mol. The Morgan fingerprint density at radius 2 is 1.64 bits per heavy atom. The maximum Gasteiger partial charge on any atom is 0.277 e. The van der Waals surface area contributed by atoms with Crippen LogP contribution in [0.4, 0.5) is 0 Å². The summed E-state index contributed by atoms with van der Waals surface area (Å²) >= 11 is 0. The Hall–Kier alpha value is -2.14. The van der Waals surface area contributed by atoms with Crippen molar-refractivity contribution in [1.29, 1.82) is 0 Å². The van der Waals surface area contributed by atoms with Gasteiger partial charge < -0.3 is 9.80 Å². The maximum atomic E-state index is 12.8. The van der Waals surface area contributed by atoms with Crippen LogP contribution in [0.2, 0.25) is 0 Å². The lowest BCUT2D eigenvalue weighted by molar-refractivity contribution is -0.136. The fraction of sp³-hybridized carbons (Fsp3) is 0.500. The van der Waals surface area contributed by atoms with Crippen molar-refractivity contribution < 1.29 is 9.59 Å². The summed E-state index contributed by atoms with van der Waals surface area (Å²) in [6.45, 7) is 6.11. The van der Waals surface area contributed by atoms with E-state index in [0.717, 1.165) is 37.1 Å². The second-order valence-electron chi connectivity index (χ2n) is 7.34. The van der Waals surface area contributed by atoms with E-state index in [4.69, 9.17) is 0 Å². The molecule has 0 aliphatic carbocycles. The van der Waals surface area contributed by atoms with Crippen molar-refractivity contribution in [3.63, 3.8) is 0 Å². The second-order valence-corrected chi connectivity index (χ2v) is 7.34. The van der Waals surface area contributed by atoms with Gasteiger partial charge in [-0.25, -0.2) is 0 Å². The van der Waals surface area contributed by atoms with Crippen LogP contribution in [-0.4, -0.2) is 66.8 Å². The molecule has 1 saturated heterocycles. The van der Waals surface area contributed by atoms with Crippen molar-refractivity contribution in [2.45, 2.75) is 32.7 Å². The highest BCUT2D eigenvalue weighted by molar-refractivity contribution is 6.35. The van der Waals surface area contributed by atoms with E-state index in [1.165, 1.54) is 10.5 Å². The molecule has 2 aliphatic heterocycles. The van der Waals surface area contributed by atoms with Gasteiger partial charge in [-0.05, 0) is 63.5 Å². The summed E-state index contributed by atoms with van der Waals surface area (Å²) in [7, 11) is 5.64. The largest absolute Gasteiger partial charge is 0.366 e. The van der Waals surface area contributed by atoms with Crippen LogP contribution in [0.5, 0.6) is 0 Å². The van der Waals surface area contributed by atoms with Crippen LogP contribution in [-0.2, 0) is 9.59 Å². The first-order chi connectivity index (χ1) is 11.8. The third-order valence-electron chi connectivity index (χ3n) is 5.65. The number of nitrogens with zero attached hydrogens (tertiary/aromatic N) is 3. The normalized spacial score (nSPS) is 20.0. The van der Waals surface area contributed by atoms with Gasteiger partial charge in [-0.15, -0.1) is 0 Å². The summed E-state index contributed by atoms with van der Waals surface area (Å²) in [5, 5.41) is 0. The zero-order valence-corrected chi connectivity index (χ0v) is 15.8. The van der Waals surface area contributed by atoms with E-state index in [0.29, 0.717) is 11.3 Å². The van der Waals surface area contributed by atoms with Crippen LogP contribution in [0, 0.1) is 13.8 Å². The zero-order valence-electron chi connectivity index (χ0n) is 15.8. The molecule has 134 valence electrons. The monoisotopic (exact) mass is 341 g/mol. The molecule has 0 saturated carbocycles. The van der Waals surface area contributed by atoms with E-state index in [9.17, 15) is 9.59 Å². The fourth-order valence-electron chi connectivity index (χ4n) is 3.68. The number of piperidine rings is 1. The highest BCUT2D eigenvalue weighted by atomic mass is 16.2. The van der Waals surface area contributed by atoms with Crippen molar-refractivity contribution in [3.05, 3.63) is 40.6 Å². The van der Waals surface area contributed by atoms with Crippen LogP contribution < -0.4 is 0 Å². The minimum Gasteiger partial charge on any atom is -0.366 e. The van der Waals surface area contributed by atoms with Crippen molar-refractivity contribution in [2.24, 2.45) is 0 Å². The molecule has 5 nitrogen and oxygen atoms in total. The molecule has 1 fully saturated rings. The molecule has 2 heterocycles. The summed E-state index contributed by atoms with van der Waals surface area (Å²) < 4.78 is 0. The lowest BCUT2D eigenvalue weighted by Gasteiger charge is -2.36. The van der Waals surface area contributed by atoms with Gasteiger partial charge in [0.1, 0.15) is 5.70 Å². The van der Waals surface area contributed by atoms with Gasteiger partial charge in [-0.2, -0.15) is 0 Å². The zero-order chi connectivity index (χ0) is 18.3. The minimum absolute atomic E-state index is 0.195. The summed E-state index contributed by atoms with van der Waals surface area (Å²) in [6.07, 6.45) is 2.00. The number of hydrogen-bond acceptors (Lipinski definition) is 4. The Kier molecular flexibility index (Phi) is 4.69. The summed E-state index contributed by atoms with van der Waals surface area (Å²) in [5.41, 5.74) is 4.23. The van der Waals surface area contributed by atoms with E-state index in [-0.39, 0.29) is 17.9 Å². The minimum atomic E-state index is -0.206. The Morgan fingerprint density at radius 1 is 1.00 bits per heavy atom.